The van der Waals surface area contributed by atoms with Crippen LogP contribution in [-0.2, 0) is 30.2 Å². The van der Waals surface area contributed by atoms with Crippen LogP contribution >= 0.6 is 0 Å². The van der Waals surface area contributed by atoms with E-state index in [1.54, 1.807) is 30.2 Å². The molecule has 0 fully saturated rings. The molecule has 0 aliphatic carbocycles. The summed E-state index contributed by atoms with van der Waals surface area (Å²) in [7, 11) is -1.72. The topological polar surface area (TPSA) is 91.8 Å². The Kier molecular flexibility index (Phi) is 4.81. The lowest BCUT2D eigenvalue weighted by Crippen LogP contribution is -2.23. The van der Waals surface area contributed by atoms with E-state index in [1.807, 2.05) is 13.8 Å². The molecule has 0 bridgehead atoms. The Labute approximate surface area is 124 Å². The highest BCUT2D eigenvalue weighted by molar-refractivity contribution is 7.89. The minimum atomic E-state index is -3.51. The van der Waals surface area contributed by atoms with Gasteiger partial charge in [-0.25, -0.2) is 13.1 Å². The number of H-pyrrole nitrogens is 1. The predicted octanol–water partition coefficient (Wildman–Crippen LogP) is 0.725. The molecule has 0 spiro atoms. The van der Waals surface area contributed by atoms with E-state index in [0.29, 0.717) is 12.6 Å². The lowest BCUT2D eigenvalue weighted by Gasteiger charge is -2.05. The Hall–Kier alpha value is -1.64. The summed E-state index contributed by atoms with van der Waals surface area (Å²) in [6.45, 7) is 4.91. The van der Waals surface area contributed by atoms with E-state index >= 15 is 0 Å². The molecule has 0 aromatic carbocycles. The zero-order valence-corrected chi connectivity index (χ0v) is 13.2. The molecule has 0 aliphatic heterocycles. The van der Waals surface area contributed by atoms with Crippen LogP contribution in [0.25, 0.3) is 0 Å². The quantitative estimate of drug-likeness (QED) is 0.703. The molecule has 2 aromatic rings. The van der Waals surface area contributed by atoms with Gasteiger partial charge in [-0.15, -0.1) is 0 Å². The third-order valence-electron chi connectivity index (χ3n) is 2.95. The van der Waals surface area contributed by atoms with Crippen molar-refractivity contribution in [2.24, 2.45) is 7.05 Å². The van der Waals surface area contributed by atoms with Gasteiger partial charge in [0, 0.05) is 49.8 Å². The van der Waals surface area contributed by atoms with Gasteiger partial charge in [-0.05, 0) is 6.07 Å². The number of nitrogens with zero attached hydrogens (tertiary/aromatic N) is 2. The monoisotopic (exact) mass is 311 g/mol. The highest BCUT2D eigenvalue weighted by Gasteiger charge is 2.16. The molecule has 0 unspecified atom stereocenters. The molecule has 2 aromatic heterocycles. The van der Waals surface area contributed by atoms with Crippen molar-refractivity contribution in [1.29, 1.82) is 0 Å². The molecule has 7 nitrogen and oxygen atoms in total. The van der Waals surface area contributed by atoms with Crippen LogP contribution in [-0.4, -0.2) is 29.2 Å². The number of aryl methyl sites for hydroxylation is 1. The third kappa shape index (κ3) is 4.42. The standard InChI is InChI=1S/C13H21N5O2S/c1-10(2)14-7-12-4-13(8-15-12)21(19,20)17-6-11-5-16-18(3)9-11/h4-5,8-10,14-15,17H,6-7H2,1-3H3. The van der Waals surface area contributed by atoms with Gasteiger partial charge in [0.15, 0.2) is 0 Å². The molecule has 3 N–H and O–H groups in total. The van der Waals surface area contributed by atoms with Gasteiger partial charge in [0.05, 0.1) is 11.1 Å². The molecular formula is C13H21N5O2S. The average molecular weight is 311 g/mol. The maximum Gasteiger partial charge on any atom is 0.242 e. The van der Waals surface area contributed by atoms with Crippen LogP contribution in [0, 0.1) is 0 Å². The van der Waals surface area contributed by atoms with E-state index in [2.05, 4.69) is 20.1 Å². The Morgan fingerprint density at radius 2 is 2.14 bits per heavy atom. The molecule has 2 heterocycles. The second kappa shape index (κ2) is 6.42. The van der Waals surface area contributed by atoms with E-state index in [1.165, 1.54) is 6.20 Å². The maximum absolute atomic E-state index is 12.2. The highest BCUT2D eigenvalue weighted by atomic mass is 32.2. The first-order chi connectivity index (χ1) is 9.87. The predicted molar refractivity (Wildman–Crippen MR) is 80.0 cm³/mol. The van der Waals surface area contributed by atoms with Crippen molar-refractivity contribution >= 4 is 10.0 Å². The molecule has 0 aliphatic rings. The summed E-state index contributed by atoms with van der Waals surface area (Å²) in [5.41, 5.74) is 1.66. The van der Waals surface area contributed by atoms with Crippen LogP contribution in [0.2, 0.25) is 0 Å². The highest BCUT2D eigenvalue weighted by Crippen LogP contribution is 2.11. The van der Waals surface area contributed by atoms with Gasteiger partial charge in [-0.3, -0.25) is 4.68 Å². The van der Waals surface area contributed by atoms with Gasteiger partial charge in [0.2, 0.25) is 10.0 Å². The van der Waals surface area contributed by atoms with E-state index in [-0.39, 0.29) is 11.4 Å². The molecule has 8 heteroatoms. The van der Waals surface area contributed by atoms with Crippen molar-refractivity contribution in [2.45, 2.75) is 37.9 Å². The fourth-order valence-electron chi connectivity index (χ4n) is 1.82. The SMILES string of the molecule is CC(C)NCc1cc(S(=O)(=O)NCc2cnn(C)c2)c[nH]1. The molecule has 0 saturated carbocycles. The Morgan fingerprint density at radius 1 is 1.38 bits per heavy atom. The van der Waals surface area contributed by atoms with Gasteiger partial charge < -0.3 is 10.3 Å². The van der Waals surface area contributed by atoms with E-state index in [0.717, 1.165) is 11.3 Å². The molecular weight excluding hydrogens is 290 g/mol. The zero-order valence-electron chi connectivity index (χ0n) is 12.4. The number of aromatic nitrogens is 3. The van der Waals surface area contributed by atoms with Crippen LogP contribution in [0.5, 0.6) is 0 Å². The van der Waals surface area contributed by atoms with E-state index < -0.39 is 10.0 Å². The molecule has 2 rings (SSSR count). The third-order valence-corrected chi connectivity index (χ3v) is 4.33. The number of hydrogen-bond donors (Lipinski definition) is 3. The van der Waals surface area contributed by atoms with Gasteiger partial charge in [-0.2, -0.15) is 5.10 Å². The van der Waals surface area contributed by atoms with Gasteiger partial charge >= 0.3 is 0 Å². The summed E-state index contributed by atoms with van der Waals surface area (Å²) in [6.07, 6.45) is 4.91. The van der Waals surface area contributed by atoms with Crippen molar-refractivity contribution in [1.82, 2.24) is 24.8 Å². The van der Waals surface area contributed by atoms with E-state index in [4.69, 9.17) is 0 Å². The molecule has 116 valence electrons. The van der Waals surface area contributed by atoms with Crippen molar-refractivity contribution in [3.63, 3.8) is 0 Å². The normalized spacial score (nSPS) is 12.2. The van der Waals surface area contributed by atoms with Crippen LogP contribution in [0.3, 0.4) is 0 Å². The van der Waals surface area contributed by atoms with Crippen LogP contribution in [0.4, 0.5) is 0 Å². The van der Waals surface area contributed by atoms with Crippen LogP contribution in [0.15, 0.2) is 29.6 Å². The van der Waals surface area contributed by atoms with Crippen LogP contribution < -0.4 is 10.0 Å². The van der Waals surface area contributed by atoms with Gasteiger partial charge in [0.25, 0.3) is 0 Å². The summed E-state index contributed by atoms with van der Waals surface area (Å²) < 4.78 is 28.6. The molecule has 0 amide bonds. The summed E-state index contributed by atoms with van der Waals surface area (Å²) in [5.74, 6) is 0. The number of sulfonamides is 1. The second-order valence-corrected chi connectivity index (χ2v) is 7.01. The fourth-order valence-corrected chi connectivity index (χ4v) is 2.85. The van der Waals surface area contributed by atoms with Crippen molar-refractivity contribution in [3.8, 4) is 0 Å². The van der Waals surface area contributed by atoms with Gasteiger partial charge in [-0.1, -0.05) is 13.8 Å². The minimum Gasteiger partial charge on any atom is -0.363 e. The first kappa shape index (κ1) is 15.7. The molecule has 0 atom stereocenters. The first-order valence-corrected chi connectivity index (χ1v) is 8.23. The average Bonchev–Trinajstić information content (AvgIpc) is 3.03. The first-order valence-electron chi connectivity index (χ1n) is 6.74. The maximum atomic E-state index is 12.2. The Morgan fingerprint density at radius 3 is 2.76 bits per heavy atom. The summed E-state index contributed by atoms with van der Waals surface area (Å²) in [5, 5.41) is 7.23. The molecule has 0 saturated heterocycles. The number of hydrogen-bond acceptors (Lipinski definition) is 4. The van der Waals surface area contributed by atoms with Crippen molar-refractivity contribution in [3.05, 3.63) is 35.9 Å². The van der Waals surface area contributed by atoms with Crippen molar-refractivity contribution < 1.29 is 8.42 Å². The summed E-state index contributed by atoms with van der Waals surface area (Å²) >= 11 is 0. The largest absolute Gasteiger partial charge is 0.363 e. The van der Waals surface area contributed by atoms with Crippen molar-refractivity contribution in [2.75, 3.05) is 0 Å². The summed E-state index contributed by atoms with van der Waals surface area (Å²) in [6, 6.07) is 1.98. The molecule has 0 radical (unpaired) electrons. The zero-order chi connectivity index (χ0) is 15.5. The van der Waals surface area contributed by atoms with Crippen LogP contribution in [0.1, 0.15) is 25.1 Å². The fraction of sp³-hybridized carbons (Fsp3) is 0.462. The Balaban J connectivity index is 1.99. The lowest BCUT2D eigenvalue weighted by atomic mass is 10.3. The smallest absolute Gasteiger partial charge is 0.242 e. The number of nitrogens with one attached hydrogen (secondary N) is 3. The number of aromatic amines is 1. The van der Waals surface area contributed by atoms with Gasteiger partial charge in [0.1, 0.15) is 0 Å². The second-order valence-electron chi connectivity index (χ2n) is 5.24. The van der Waals surface area contributed by atoms with E-state index in [9.17, 15) is 8.42 Å². The Bertz CT molecular complexity index is 687. The summed E-state index contributed by atoms with van der Waals surface area (Å²) in [4.78, 5) is 3.21. The number of rotatable bonds is 7. The lowest BCUT2D eigenvalue weighted by molar-refractivity contribution is 0.580. The minimum absolute atomic E-state index is 0.223. The molecule has 21 heavy (non-hydrogen) atoms.